The molecule has 11 heteroatoms. The molecule has 0 bridgehead atoms. The number of nitrogen functional groups attached to an aromatic ring is 1. The second-order valence-electron chi connectivity index (χ2n) is 3.81. The predicted molar refractivity (Wildman–Crippen MR) is 73.8 cm³/mol. The molecule has 9 nitrogen and oxygen atoms in total. The van der Waals surface area contributed by atoms with Crippen LogP contribution in [0, 0.1) is 0 Å². The van der Waals surface area contributed by atoms with Crippen molar-refractivity contribution in [2.24, 2.45) is 0 Å². The number of aromatic nitrogens is 2. The van der Waals surface area contributed by atoms with E-state index in [0.29, 0.717) is 12.0 Å². The van der Waals surface area contributed by atoms with Crippen molar-refractivity contribution >= 4 is 27.7 Å². The van der Waals surface area contributed by atoms with E-state index in [9.17, 15) is 13.2 Å². The van der Waals surface area contributed by atoms with Gasteiger partial charge >= 0.3 is 5.69 Å². The molecule has 2 atom stereocenters. The molecular formula is C9H15N3O6S2. The number of anilines is 1. The average Bonchev–Trinajstić information content (AvgIpc) is 2.75. The van der Waals surface area contributed by atoms with Gasteiger partial charge in [-0.2, -0.15) is 13.4 Å². The van der Waals surface area contributed by atoms with Crippen LogP contribution in [0.25, 0.3) is 0 Å². The zero-order valence-electron chi connectivity index (χ0n) is 10.5. The van der Waals surface area contributed by atoms with Crippen molar-refractivity contribution in [3.05, 3.63) is 22.7 Å². The summed E-state index contributed by atoms with van der Waals surface area (Å²) in [6.07, 6.45) is 1.90. The lowest BCUT2D eigenvalue weighted by atomic mass is 10.5. The van der Waals surface area contributed by atoms with Crippen LogP contribution in [0.15, 0.2) is 17.1 Å². The van der Waals surface area contributed by atoms with Gasteiger partial charge in [0.1, 0.15) is 17.5 Å². The summed E-state index contributed by atoms with van der Waals surface area (Å²) in [7, 11) is -3.67. The van der Waals surface area contributed by atoms with E-state index in [1.807, 2.05) is 0 Å². The second kappa shape index (κ2) is 7.04. The van der Waals surface area contributed by atoms with Gasteiger partial charge in [-0.3, -0.25) is 9.12 Å². The third kappa shape index (κ3) is 5.88. The first kappa shape index (κ1) is 16.9. The van der Waals surface area contributed by atoms with Crippen LogP contribution in [-0.2, 0) is 14.9 Å². The molecule has 0 aromatic carbocycles. The zero-order chi connectivity index (χ0) is 15.3. The molecule has 114 valence electrons. The monoisotopic (exact) mass is 325 g/mol. The fraction of sp³-hybridized carbons (Fsp3) is 0.556. The van der Waals surface area contributed by atoms with Crippen molar-refractivity contribution in [1.82, 2.24) is 9.55 Å². The Bertz CT molecular complexity index is 594. The molecule has 1 aliphatic rings. The normalized spacial score (nSPS) is 22.1. The van der Waals surface area contributed by atoms with Crippen molar-refractivity contribution in [2.75, 3.05) is 24.3 Å². The summed E-state index contributed by atoms with van der Waals surface area (Å²) in [4.78, 5) is 15.0. The van der Waals surface area contributed by atoms with Gasteiger partial charge < -0.3 is 15.6 Å². The maximum absolute atomic E-state index is 11.4. The van der Waals surface area contributed by atoms with Crippen LogP contribution < -0.4 is 11.4 Å². The number of aliphatic hydroxyl groups excluding tert-OH is 1. The highest BCUT2D eigenvalue weighted by atomic mass is 32.2. The lowest BCUT2D eigenvalue weighted by Gasteiger charge is -2.13. The van der Waals surface area contributed by atoms with Gasteiger partial charge in [0, 0.05) is 11.9 Å². The minimum Gasteiger partial charge on any atom is -0.393 e. The van der Waals surface area contributed by atoms with Crippen LogP contribution in [-0.4, -0.2) is 51.7 Å². The van der Waals surface area contributed by atoms with Crippen LogP contribution in [0.4, 0.5) is 5.82 Å². The molecule has 2 rings (SSSR count). The van der Waals surface area contributed by atoms with Gasteiger partial charge in [0.2, 0.25) is 0 Å². The van der Waals surface area contributed by atoms with E-state index in [4.69, 9.17) is 20.1 Å². The van der Waals surface area contributed by atoms with Gasteiger partial charge in [-0.05, 0) is 6.07 Å². The van der Waals surface area contributed by atoms with E-state index in [2.05, 4.69) is 4.98 Å². The number of rotatable bonds is 2. The summed E-state index contributed by atoms with van der Waals surface area (Å²) in [5.41, 5.74) is 4.67. The lowest BCUT2D eigenvalue weighted by molar-refractivity contribution is -0.00629. The fourth-order valence-corrected chi connectivity index (χ4v) is 2.26. The Balaban J connectivity index is 0.000000347. The number of nitrogens with two attached hydrogens (primary N) is 1. The summed E-state index contributed by atoms with van der Waals surface area (Å²) >= 11 is 1.47. The van der Waals surface area contributed by atoms with E-state index in [-0.39, 0.29) is 24.1 Å². The van der Waals surface area contributed by atoms with Crippen molar-refractivity contribution in [2.45, 2.75) is 11.7 Å². The molecule has 1 aliphatic heterocycles. The lowest BCUT2D eigenvalue weighted by Crippen LogP contribution is -2.28. The Kier molecular flexibility index (Phi) is 5.95. The van der Waals surface area contributed by atoms with E-state index in [0.717, 1.165) is 0 Å². The van der Waals surface area contributed by atoms with E-state index in [1.54, 1.807) is 12.3 Å². The van der Waals surface area contributed by atoms with Crippen molar-refractivity contribution in [1.29, 1.82) is 0 Å². The molecule has 1 aromatic rings. The number of nitrogens with zero attached hydrogens (tertiary/aromatic N) is 2. The molecule has 0 radical (unpaired) electrons. The third-order valence-corrected chi connectivity index (χ3v) is 3.15. The molecule has 2 heterocycles. The van der Waals surface area contributed by atoms with E-state index >= 15 is 0 Å². The number of hydrogen-bond acceptors (Lipinski definition) is 8. The van der Waals surface area contributed by atoms with Gasteiger partial charge in [-0.15, -0.1) is 11.8 Å². The van der Waals surface area contributed by atoms with E-state index in [1.165, 1.54) is 16.3 Å². The molecule has 20 heavy (non-hydrogen) atoms. The smallest absolute Gasteiger partial charge is 0.351 e. The van der Waals surface area contributed by atoms with Crippen LogP contribution in [0.2, 0.25) is 0 Å². The molecule has 1 fully saturated rings. The van der Waals surface area contributed by atoms with Gasteiger partial charge in [0.25, 0.3) is 10.1 Å². The Labute approximate surface area is 119 Å². The minimum absolute atomic E-state index is 0.0572. The summed E-state index contributed by atoms with van der Waals surface area (Å²) < 4.78 is 32.7. The molecule has 4 N–H and O–H groups in total. The quantitative estimate of drug-likeness (QED) is 0.577. The Morgan fingerprint density at radius 1 is 1.65 bits per heavy atom. The molecular weight excluding hydrogens is 310 g/mol. The van der Waals surface area contributed by atoms with Gasteiger partial charge in [-0.1, -0.05) is 0 Å². The summed E-state index contributed by atoms with van der Waals surface area (Å²) in [6, 6.07) is 1.54. The van der Waals surface area contributed by atoms with Crippen molar-refractivity contribution in [3.8, 4) is 0 Å². The first-order chi connectivity index (χ1) is 9.20. The molecule has 0 saturated carbocycles. The predicted octanol–water partition coefficient (Wildman–Crippen LogP) is -1.09. The highest BCUT2D eigenvalue weighted by Gasteiger charge is 2.27. The van der Waals surface area contributed by atoms with Gasteiger partial charge in [0.05, 0.1) is 12.9 Å². The third-order valence-electron chi connectivity index (χ3n) is 2.04. The number of hydrogen-bond donors (Lipinski definition) is 3. The summed E-state index contributed by atoms with van der Waals surface area (Å²) in [5, 5.41) is 8.88. The highest BCUT2D eigenvalue weighted by Crippen LogP contribution is 2.30. The standard InChI is InChI=1S/C8H11N3O3S.CH4O3S/c9-5-1-2-11(8(13)10-5)6-4-15-7(3-12)14-6;1-5(2,3)4/h1-2,6-7,12H,3-4H2,(H2,9,10,13);1H3,(H,2,3,4)/t6-,7+;/m1./s1. The molecule has 0 spiro atoms. The minimum atomic E-state index is -3.67. The van der Waals surface area contributed by atoms with Crippen molar-refractivity contribution in [3.63, 3.8) is 0 Å². The number of aliphatic hydroxyl groups is 1. The van der Waals surface area contributed by atoms with Crippen LogP contribution in [0.1, 0.15) is 6.23 Å². The summed E-state index contributed by atoms with van der Waals surface area (Å²) in [5.74, 6) is 0.817. The van der Waals surface area contributed by atoms with Crippen molar-refractivity contribution < 1.29 is 22.8 Å². The van der Waals surface area contributed by atoms with Crippen LogP contribution in [0.3, 0.4) is 0 Å². The van der Waals surface area contributed by atoms with Gasteiger partial charge in [0.15, 0.2) is 0 Å². The molecule has 1 aromatic heterocycles. The Hall–Kier alpha value is -1.14. The van der Waals surface area contributed by atoms with Crippen LogP contribution in [0.5, 0.6) is 0 Å². The maximum Gasteiger partial charge on any atom is 0.351 e. The first-order valence-corrected chi connectivity index (χ1v) is 8.25. The van der Waals surface area contributed by atoms with Crippen LogP contribution >= 0.6 is 11.8 Å². The average molecular weight is 325 g/mol. The SMILES string of the molecule is CS(=O)(=O)O.Nc1ccn([C@H]2CS[C@@H](CO)O2)c(=O)n1. The Morgan fingerprint density at radius 2 is 2.25 bits per heavy atom. The summed E-state index contributed by atoms with van der Waals surface area (Å²) in [6.45, 7) is -0.0572. The molecule has 0 amide bonds. The molecule has 0 unspecified atom stereocenters. The maximum atomic E-state index is 11.4. The number of thioether (sulfide) groups is 1. The highest BCUT2D eigenvalue weighted by molar-refractivity contribution is 8.00. The molecule has 0 aliphatic carbocycles. The Morgan fingerprint density at radius 3 is 2.70 bits per heavy atom. The fourth-order valence-electron chi connectivity index (χ4n) is 1.33. The number of ether oxygens (including phenoxy) is 1. The molecule has 1 saturated heterocycles. The largest absolute Gasteiger partial charge is 0.393 e. The zero-order valence-corrected chi connectivity index (χ0v) is 12.2. The first-order valence-electron chi connectivity index (χ1n) is 5.35. The van der Waals surface area contributed by atoms with Gasteiger partial charge in [-0.25, -0.2) is 4.79 Å². The second-order valence-corrected chi connectivity index (χ2v) is 6.47. The van der Waals surface area contributed by atoms with E-state index < -0.39 is 15.8 Å². The topological polar surface area (TPSA) is 145 Å².